The van der Waals surface area contributed by atoms with E-state index in [1.165, 1.54) is 4.90 Å². The molecule has 2 aromatic carbocycles. The van der Waals surface area contributed by atoms with E-state index in [-0.39, 0.29) is 17.7 Å². The molecule has 4 aromatic rings. The molecular formula is C23H22N6O2. The highest BCUT2D eigenvalue weighted by molar-refractivity contribution is 6.21. The van der Waals surface area contributed by atoms with Gasteiger partial charge in [-0.2, -0.15) is 15.4 Å². The van der Waals surface area contributed by atoms with E-state index in [2.05, 4.69) is 22.3 Å². The Labute approximate surface area is 178 Å². The van der Waals surface area contributed by atoms with Crippen molar-refractivity contribution < 1.29 is 9.59 Å². The van der Waals surface area contributed by atoms with E-state index in [9.17, 15) is 9.59 Å². The molecule has 2 amide bonds. The molecule has 8 nitrogen and oxygen atoms in total. The molecule has 2 unspecified atom stereocenters. The summed E-state index contributed by atoms with van der Waals surface area (Å²) in [5, 5.41) is 10.7. The summed E-state index contributed by atoms with van der Waals surface area (Å²) < 4.78 is 2.04. The third kappa shape index (κ3) is 3.02. The summed E-state index contributed by atoms with van der Waals surface area (Å²) in [6.45, 7) is 4.54. The number of aromatic amines is 1. The van der Waals surface area contributed by atoms with Crippen LogP contribution >= 0.6 is 0 Å². The predicted octanol–water partition coefficient (Wildman–Crippen LogP) is 3.59. The average Bonchev–Trinajstić information content (AvgIpc) is 3.49. The number of H-pyrrole nitrogens is 1. The van der Waals surface area contributed by atoms with Gasteiger partial charge >= 0.3 is 0 Å². The van der Waals surface area contributed by atoms with Crippen LogP contribution in [0.1, 0.15) is 58.5 Å². The van der Waals surface area contributed by atoms with Gasteiger partial charge in [0.25, 0.3) is 11.8 Å². The minimum absolute atomic E-state index is 0.00934. The number of hydrogen-bond donors (Lipinski definition) is 1. The van der Waals surface area contributed by atoms with E-state index in [4.69, 9.17) is 4.98 Å². The second-order valence-corrected chi connectivity index (χ2v) is 7.86. The number of nitrogens with one attached hydrogen (secondary N) is 1. The quantitative estimate of drug-likeness (QED) is 0.487. The van der Waals surface area contributed by atoms with E-state index in [1.807, 2.05) is 35.8 Å². The number of aromatic nitrogens is 5. The number of hydrogen-bond acceptors (Lipinski definition) is 5. The lowest BCUT2D eigenvalue weighted by Gasteiger charge is -2.31. The molecule has 8 heteroatoms. The van der Waals surface area contributed by atoms with Crippen LogP contribution in [-0.2, 0) is 6.54 Å². The number of imide groups is 1. The largest absolute Gasteiger partial charge is 0.320 e. The fraction of sp³-hybridized carbons (Fsp3) is 0.261. The fourth-order valence-electron chi connectivity index (χ4n) is 4.26. The average molecular weight is 414 g/mol. The van der Waals surface area contributed by atoms with Crippen LogP contribution < -0.4 is 0 Å². The number of imidazole rings is 1. The van der Waals surface area contributed by atoms with Gasteiger partial charge in [-0.1, -0.05) is 44.5 Å². The summed E-state index contributed by atoms with van der Waals surface area (Å²) in [7, 11) is 0. The van der Waals surface area contributed by atoms with Crippen molar-refractivity contribution in [3.63, 3.8) is 0 Å². The van der Waals surface area contributed by atoms with Crippen molar-refractivity contribution in [2.24, 2.45) is 5.92 Å². The van der Waals surface area contributed by atoms with E-state index >= 15 is 0 Å². The molecule has 0 aliphatic carbocycles. The monoisotopic (exact) mass is 414 g/mol. The third-order valence-corrected chi connectivity index (χ3v) is 6.02. The molecular weight excluding hydrogens is 392 g/mol. The molecule has 5 rings (SSSR count). The van der Waals surface area contributed by atoms with E-state index in [0.717, 1.165) is 23.1 Å². The van der Waals surface area contributed by atoms with Crippen LogP contribution in [0, 0.1) is 5.92 Å². The summed E-state index contributed by atoms with van der Waals surface area (Å²) in [6, 6.07) is 14.3. The van der Waals surface area contributed by atoms with Crippen LogP contribution in [0.5, 0.6) is 0 Å². The van der Waals surface area contributed by atoms with Crippen molar-refractivity contribution >= 4 is 22.8 Å². The van der Waals surface area contributed by atoms with Crippen molar-refractivity contribution in [3.8, 4) is 0 Å². The van der Waals surface area contributed by atoms with Gasteiger partial charge in [0.05, 0.1) is 34.9 Å². The Bertz CT molecular complexity index is 1240. The molecule has 0 saturated carbocycles. The molecule has 1 aliphatic rings. The van der Waals surface area contributed by atoms with Crippen molar-refractivity contribution in [2.75, 3.05) is 0 Å². The minimum Gasteiger partial charge on any atom is -0.320 e. The lowest BCUT2D eigenvalue weighted by molar-refractivity contribution is 0.0514. The first-order chi connectivity index (χ1) is 15.1. The zero-order valence-corrected chi connectivity index (χ0v) is 17.3. The van der Waals surface area contributed by atoms with E-state index in [0.29, 0.717) is 23.5 Å². The highest BCUT2D eigenvalue weighted by atomic mass is 16.2. The van der Waals surface area contributed by atoms with Crippen LogP contribution in [-0.4, -0.2) is 41.7 Å². The summed E-state index contributed by atoms with van der Waals surface area (Å²) in [6.07, 6.45) is 2.45. The van der Waals surface area contributed by atoms with E-state index < -0.39 is 6.04 Å². The Morgan fingerprint density at radius 2 is 1.68 bits per heavy atom. The van der Waals surface area contributed by atoms with Crippen LogP contribution in [0.4, 0.5) is 0 Å². The third-order valence-electron chi connectivity index (χ3n) is 6.02. The number of benzene rings is 2. The van der Waals surface area contributed by atoms with Crippen molar-refractivity contribution in [2.45, 2.75) is 32.9 Å². The molecule has 2 atom stereocenters. The summed E-state index contributed by atoms with van der Waals surface area (Å²) in [5.41, 5.74) is 3.37. The van der Waals surface area contributed by atoms with Gasteiger partial charge < -0.3 is 4.57 Å². The number of nitrogens with zero attached hydrogens (tertiary/aromatic N) is 5. The Balaban J connectivity index is 1.69. The first kappa shape index (κ1) is 19.2. The van der Waals surface area contributed by atoms with Gasteiger partial charge in [0.1, 0.15) is 17.6 Å². The summed E-state index contributed by atoms with van der Waals surface area (Å²) in [4.78, 5) is 32.9. The van der Waals surface area contributed by atoms with Crippen LogP contribution in [0.3, 0.4) is 0 Å². The highest BCUT2D eigenvalue weighted by Crippen LogP contribution is 2.38. The Morgan fingerprint density at radius 1 is 1.00 bits per heavy atom. The normalized spacial score (nSPS) is 15.5. The number of fused-ring (bicyclic) bond motifs is 2. The van der Waals surface area contributed by atoms with Crippen LogP contribution in [0.15, 0.2) is 54.7 Å². The molecule has 31 heavy (non-hydrogen) atoms. The molecule has 0 bridgehead atoms. The van der Waals surface area contributed by atoms with Gasteiger partial charge in [-0.25, -0.2) is 4.98 Å². The Kier molecular flexibility index (Phi) is 4.62. The van der Waals surface area contributed by atoms with Crippen molar-refractivity contribution in [3.05, 3.63) is 77.4 Å². The number of carbonyl (C=O) groups is 2. The summed E-state index contributed by atoms with van der Waals surface area (Å²) in [5.74, 6) is 0.139. The van der Waals surface area contributed by atoms with Crippen molar-refractivity contribution in [1.29, 1.82) is 0 Å². The van der Waals surface area contributed by atoms with Gasteiger partial charge in [0.15, 0.2) is 0 Å². The lowest BCUT2D eigenvalue weighted by Crippen LogP contribution is -2.39. The molecule has 0 spiro atoms. The maximum Gasteiger partial charge on any atom is 0.262 e. The maximum atomic E-state index is 13.3. The lowest BCUT2D eigenvalue weighted by atomic mass is 9.96. The molecule has 0 fully saturated rings. The smallest absolute Gasteiger partial charge is 0.262 e. The number of carbonyl (C=O) groups excluding carboxylic acids is 2. The molecule has 156 valence electrons. The Hall–Kier alpha value is -3.81. The molecule has 2 aromatic heterocycles. The molecule has 0 saturated heterocycles. The topological polar surface area (TPSA) is 96.8 Å². The van der Waals surface area contributed by atoms with Gasteiger partial charge in [0.2, 0.25) is 0 Å². The van der Waals surface area contributed by atoms with Gasteiger partial charge in [-0.05, 0) is 30.2 Å². The second kappa shape index (κ2) is 7.46. The SMILES string of the molecule is CCC(C)C(c1nc2ccccc2n1Cc1cn[nH]n1)N1C(=O)c2ccccc2C1=O. The molecule has 1 aliphatic heterocycles. The minimum atomic E-state index is -0.503. The van der Waals surface area contributed by atoms with Crippen LogP contribution in [0.2, 0.25) is 0 Å². The maximum absolute atomic E-state index is 13.3. The number of rotatable bonds is 6. The number of amides is 2. The second-order valence-electron chi connectivity index (χ2n) is 7.86. The van der Waals surface area contributed by atoms with Gasteiger partial charge in [-0.15, -0.1) is 0 Å². The Morgan fingerprint density at radius 3 is 2.32 bits per heavy atom. The first-order valence-electron chi connectivity index (χ1n) is 10.4. The van der Waals surface area contributed by atoms with Crippen molar-refractivity contribution in [1.82, 2.24) is 29.9 Å². The van der Waals surface area contributed by atoms with E-state index in [1.54, 1.807) is 30.5 Å². The zero-order valence-electron chi connectivity index (χ0n) is 17.3. The predicted molar refractivity (Wildman–Crippen MR) is 114 cm³/mol. The fourth-order valence-corrected chi connectivity index (χ4v) is 4.26. The van der Waals surface area contributed by atoms with Gasteiger partial charge in [-0.3, -0.25) is 14.5 Å². The summed E-state index contributed by atoms with van der Waals surface area (Å²) >= 11 is 0. The van der Waals surface area contributed by atoms with Crippen LogP contribution in [0.25, 0.3) is 11.0 Å². The first-order valence-corrected chi connectivity index (χ1v) is 10.4. The highest BCUT2D eigenvalue weighted by Gasteiger charge is 2.44. The molecule has 1 N–H and O–H groups in total. The molecule has 0 radical (unpaired) electrons. The molecule has 3 heterocycles. The van der Waals surface area contributed by atoms with Gasteiger partial charge in [0, 0.05) is 0 Å². The number of para-hydroxylation sites is 2. The standard InChI is InChI=1S/C23H22N6O2/c1-3-14(2)20(29-22(30)16-8-4-5-9-17(16)23(29)31)21-25-18-10-6-7-11-19(18)28(21)13-15-12-24-27-26-15/h4-12,14,20H,3,13H2,1-2H3,(H,24,26,27). The zero-order chi connectivity index (χ0) is 21.5.